The van der Waals surface area contributed by atoms with Gasteiger partial charge in [0.05, 0.1) is 19.1 Å². The Balaban J connectivity index is 2.03. The van der Waals surface area contributed by atoms with Crippen LogP contribution in [0, 0.1) is 0 Å². The minimum Gasteiger partial charge on any atom is -0.395 e. The lowest BCUT2D eigenvalue weighted by Crippen LogP contribution is -2.46. The fourth-order valence-corrected chi connectivity index (χ4v) is 2.70. The Morgan fingerprint density at radius 2 is 1.95 bits per heavy atom. The van der Waals surface area contributed by atoms with E-state index in [1.54, 1.807) is 0 Å². The van der Waals surface area contributed by atoms with Gasteiger partial charge in [-0.25, -0.2) is 0 Å². The van der Waals surface area contributed by atoms with E-state index in [2.05, 4.69) is 43.3 Å². The number of rotatable bonds is 7. The molecule has 0 unspecified atom stereocenters. The molecule has 3 heteroatoms. The van der Waals surface area contributed by atoms with E-state index in [4.69, 9.17) is 0 Å². The van der Waals surface area contributed by atoms with Gasteiger partial charge in [-0.2, -0.15) is 0 Å². The first-order valence-electron chi connectivity index (χ1n) is 8.15. The Hall–Kier alpha value is -1.61. The lowest BCUT2D eigenvalue weighted by molar-refractivity contribution is -0.145. The number of carbonyl (C=O) groups excluding carboxylic acids is 1. The lowest BCUT2D eigenvalue weighted by atomic mass is 9.84. The van der Waals surface area contributed by atoms with Gasteiger partial charge in [0.15, 0.2) is 0 Å². The Kier molecular flexibility index (Phi) is 5.41. The largest absolute Gasteiger partial charge is 0.395 e. The molecule has 1 heterocycles. The van der Waals surface area contributed by atoms with Crippen LogP contribution in [0.4, 0.5) is 0 Å². The summed E-state index contributed by atoms with van der Waals surface area (Å²) in [6.07, 6.45) is 7.05. The molecule has 0 radical (unpaired) electrons. The maximum atomic E-state index is 11.8. The second kappa shape index (κ2) is 7.10. The van der Waals surface area contributed by atoms with E-state index in [-0.39, 0.29) is 24.0 Å². The van der Waals surface area contributed by atoms with Gasteiger partial charge in [-0.05, 0) is 17.5 Å². The smallest absolute Gasteiger partial charge is 0.225 e. The number of unbranched alkanes of at least 4 members (excludes halogenated alkanes) is 1. The first-order chi connectivity index (χ1) is 10.5. The summed E-state index contributed by atoms with van der Waals surface area (Å²) >= 11 is 0. The zero-order valence-electron chi connectivity index (χ0n) is 13.9. The Morgan fingerprint density at radius 3 is 2.50 bits per heavy atom. The number of nitrogens with zero attached hydrogens (tertiary/aromatic N) is 1. The first kappa shape index (κ1) is 16.8. The van der Waals surface area contributed by atoms with E-state index >= 15 is 0 Å². The summed E-state index contributed by atoms with van der Waals surface area (Å²) in [6.45, 7) is 7.03. The number of amides is 1. The van der Waals surface area contributed by atoms with Crippen LogP contribution in [0.1, 0.15) is 57.2 Å². The van der Waals surface area contributed by atoms with Crippen molar-refractivity contribution in [1.82, 2.24) is 4.90 Å². The van der Waals surface area contributed by atoms with Gasteiger partial charge in [-0.15, -0.1) is 0 Å². The summed E-state index contributed by atoms with van der Waals surface area (Å²) in [5.74, 6) is 0.228. The number of aliphatic hydroxyl groups is 1. The van der Waals surface area contributed by atoms with Crippen molar-refractivity contribution in [2.75, 3.05) is 13.2 Å². The molecule has 1 aromatic rings. The number of carbonyl (C=O) groups is 1. The van der Waals surface area contributed by atoms with Crippen molar-refractivity contribution in [3.63, 3.8) is 0 Å². The normalized spacial score (nSPS) is 18.8. The van der Waals surface area contributed by atoms with E-state index in [0.717, 1.165) is 18.4 Å². The van der Waals surface area contributed by atoms with Crippen LogP contribution in [0.5, 0.6) is 0 Å². The van der Waals surface area contributed by atoms with E-state index in [9.17, 15) is 9.90 Å². The number of aliphatic hydroxyl groups excluding tert-OH is 1. The number of likely N-dealkylation sites (tertiary alicyclic amines) is 1. The summed E-state index contributed by atoms with van der Waals surface area (Å²) in [5.41, 5.74) is 2.08. The number of benzene rings is 1. The highest BCUT2D eigenvalue weighted by Crippen LogP contribution is 2.35. The van der Waals surface area contributed by atoms with Crippen molar-refractivity contribution < 1.29 is 9.90 Å². The quantitative estimate of drug-likeness (QED) is 0.617. The molecule has 0 aromatic heterocycles. The fourth-order valence-electron chi connectivity index (χ4n) is 2.70. The minimum atomic E-state index is -0.226. The van der Waals surface area contributed by atoms with Gasteiger partial charge in [0.2, 0.25) is 5.91 Å². The van der Waals surface area contributed by atoms with Gasteiger partial charge >= 0.3 is 0 Å². The minimum absolute atomic E-state index is 0.128. The lowest BCUT2D eigenvalue weighted by Gasteiger charge is -2.40. The molecule has 1 N–H and O–H groups in total. The Morgan fingerprint density at radius 1 is 1.27 bits per heavy atom. The molecule has 1 atom stereocenters. The molecule has 1 aromatic carbocycles. The second-order valence-corrected chi connectivity index (χ2v) is 6.69. The number of allylic oxidation sites excluding steroid dienone is 1. The molecule has 1 aliphatic heterocycles. The molecular formula is C19H27NO2. The standard InChI is InChI=1S/C19H27NO2/c1-4-5-6-7-12-20-17(13-18(20)22)15-8-10-16(11-9-15)19(2,3)14-21/h6-11,17,21H,4-5,12-14H2,1-3H3/t17-/m1/s1. The second-order valence-electron chi connectivity index (χ2n) is 6.69. The summed E-state index contributed by atoms with van der Waals surface area (Å²) in [7, 11) is 0. The van der Waals surface area contributed by atoms with E-state index in [1.165, 1.54) is 5.56 Å². The monoisotopic (exact) mass is 301 g/mol. The van der Waals surface area contributed by atoms with Gasteiger partial charge in [0, 0.05) is 12.0 Å². The third-order valence-electron chi connectivity index (χ3n) is 4.46. The van der Waals surface area contributed by atoms with Crippen LogP contribution < -0.4 is 0 Å². The first-order valence-corrected chi connectivity index (χ1v) is 8.15. The fraction of sp³-hybridized carbons (Fsp3) is 0.526. The molecule has 0 bridgehead atoms. The molecule has 2 rings (SSSR count). The van der Waals surface area contributed by atoms with E-state index in [0.29, 0.717) is 13.0 Å². The third-order valence-corrected chi connectivity index (χ3v) is 4.46. The van der Waals surface area contributed by atoms with Gasteiger partial charge in [0.25, 0.3) is 0 Å². The predicted molar refractivity (Wildman–Crippen MR) is 89.7 cm³/mol. The SMILES string of the molecule is CCCC=CCN1C(=O)C[C@@H]1c1ccc(C(C)(C)CO)cc1. The molecule has 1 saturated heterocycles. The number of hydrogen-bond acceptors (Lipinski definition) is 2. The topological polar surface area (TPSA) is 40.5 Å². The molecule has 0 saturated carbocycles. The van der Waals surface area contributed by atoms with Gasteiger partial charge in [-0.3, -0.25) is 4.79 Å². The van der Waals surface area contributed by atoms with Crippen LogP contribution in [-0.4, -0.2) is 29.1 Å². The molecule has 3 nitrogen and oxygen atoms in total. The van der Waals surface area contributed by atoms with Crippen LogP contribution in [-0.2, 0) is 10.2 Å². The highest BCUT2D eigenvalue weighted by atomic mass is 16.3. The molecular weight excluding hydrogens is 274 g/mol. The molecule has 0 spiro atoms. The average molecular weight is 301 g/mol. The van der Waals surface area contributed by atoms with E-state index in [1.807, 2.05) is 18.7 Å². The van der Waals surface area contributed by atoms with Gasteiger partial charge in [0.1, 0.15) is 0 Å². The highest BCUT2D eigenvalue weighted by molar-refractivity contribution is 5.83. The summed E-state index contributed by atoms with van der Waals surface area (Å²) in [6, 6.07) is 8.52. The van der Waals surface area contributed by atoms with Crippen molar-refractivity contribution in [1.29, 1.82) is 0 Å². The van der Waals surface area contributed by atoms with Crippen LogP contribution in [0.15, 0.2) is 36.4 Å². The zero-order chi connectivity index (χ0) is 16.2. The molecule has 1 amide bonds. The Labute approximate surface area is 133 Å². The van der Waals surface area contributed by atoms with Crippen LogP contribution >= 0.6 is 0 Å². The van der Waals surface area contributed by atoms with Gasteiger partial charge < -0.3 is 10.0 Å². The summed E-state index contributed by atoms with van der Waals surface area (Å²) in [5, 5.41) is 9.44. The average Bonchev–Trinajstić information content (AvgIpc) is 2.52. The van der Waals surface area contributed by atoms with Crippen LogP contribution in [0.2, 0.25) is 0 Å². The van der Waals surface area contributed by atoms with Crippen molar-refractivity contribution in [3.05, 3.63) is 47.5 Å². The molecule has 0 aliphatic carbocycles. The third kappa shape index (κ3) is 3.58. The van der Waals surface area contributed by atoms with Gasteiger partial charge in [-0.1, -0.05) is 63.6 Å². The van der Waals surface area contributed by atoms with Crippen molar-refractivity contribution in [2.24, 2.45) is 0 Å². The highest BCUT2D eigenvalue weighted by Gasteiger charge is 2.36. The molecule has 1 aliphatic rings. The van der Waals surface area contributed by atoms with E-state index < -0.39 is 0 Å². The Bertz CT molecular complexity index is 531. The molecule has 120 valence electrons. The summed E-state index contributed by atoms with van der Waals surface area (Å²) in [4.78, 5) is 13.7. The molecule has 22 heavy (non-hydrogen) atoms. The maximum Gasteiger partial charge on any atom is 0.225 e. The maximum absolute atomic E-state index is 11.8. The summed E-state index contributed by atoms with van der Waals surface area (Å²) < 4.78 is 0. The number of hydrogen-bond donors (Lipinski definition) is 1. The van der Waals surface area contributed by atoms with Crippen LogP contribution in [0.3, 0.4) is 0 Å². The predicted octanol–water partition coefficient (Wildman–Crippen LogP) is 3.59. The van der Waals surface area contributed by atoms with Crippen LogP contribution in [0.25, 0.3) is 0 Å². The van der Waals surface area contributed by atoms with Crippen molar-refractivity contribution in [2.45, 2.75) is 51.5 Å². The van der Waals surface area contributed by atoms with Crippen molar-refractivity contribution in [3.8, 4) is 0 Å². The van der Waals surface area contributed by atoms with Crippen molar-refractivity contribution >= 4 is 5.91 Å². The molecule has 1 fully saturated rings. The number of β-lactam (4-membered cyclic amide) rings is 1. The zero-order valence-corrected chi connectivity index (χ0v) is 13.9.